The third-order valence-electron chi connectivity index (χ3n) is 9.03. The van der Waals surface area contributed by atoms with Crippen molar-refractivity contribution in [3.8, 4) is 45.0 Å². The van der Waals surface area contributed by atoms with Gasteiger partial charge in [-0.1, -0.05) is 152 Å². The van der Waals surface area contributed by atoms with Crippen LogP contribution in [0.4, 0.5) is 0 Å². The van der Waals surface area contributed by atoms with Crippen molar-refractivity contribution in [2.75, 3.05) is 0 Å². The van der Waals surface area contributed by atoms with Gasteiger partial charge in [0.15, 0.2) is 5.82 Å². The Labute approximate surface area is 269 Å². The average Bonchev–Trinajstić information content (AvgIpc) is 3.43. The first-order valence-corrected chi connectivity index (χ1v) is 15.6. The van der Waals surface area contributed by atoms with E-state index in [-0.39, 0.29) is 0 Å². The van der Waals surface area contributed by atoms with Crippen LogP contribution in [-0.2, 0) is 12.0 Å². The molecule has 0 fully saturated rings. The van der Waals surface area contributed by atoms with E-state index in [1.165, 1.54) is 33.4 Å². The van der Waals surface area contributed by atoms with Gasteiger partial charge in [-0.05, 0) is 57.8 Å². The van der Waals surface area contributed by atoms with Crippen molar-refractivity contribution in [3.63, 3.8) is 0 Å². The summed E-state index contributed by atoms with van der Waals surface area (Å²) in [6.07, 6.45) is 0. The van der Waals surface area contributed by atoms with Crippen molar-refractivity contribution in [1.29, 1.82) is 0 Å². The smallest absolute Gasteiger partial charge is 0.160 e. The number of hydrogen-bond acceptors (Lipinski definition) is 3. The third kappa shape index (κ3) is 4.56. The fourth-order valence-electron chi connectivity index (χ4n) is 6.99. The summed E-state index contributed by atoms with van der Waals surface area (Å²) in [5, 5.41) is 0. The molecule has 0 atom stereocenters. The summed E-state index contributed by atoms with van der Waals surface area (Å²) >= 11 is 0. The molecule has 6 aromatic carbocycles. The zero-order valence-electron chi connectivity index (χ0n) is 25.3. The number of benzene rings is 6. The van der Waals surface area contributed by atoms with Gasteiger partial charge in [-0.15, -0.1) is 0 Å². The van der Waals surface area contributed by atoms with Gasteiger partial charge in [0.2, 0.25) is 0 Å². The minimum Gasteiger partial charge on any atom is -0.296 e. The minimum absolute atomic E-state index is 0.530. The number of hydrogen-bond donors (Lipinski definition) is 0. The maximum Gasteiger partial charge on any atom is 0.160 e. The molecule has 0 saturated carbocycles. The van der Waals surface area contributed by atoms with E-state index in [9.17, 15) is 0 Å². The molecule has 0 amide bonds. The number of rotatable bonds is 7. The molecule has 3 heteroatoms. The van der Waals surface area contributed by atoms with Crippen LogP contribution in [0.3, 0.4) is 0 Å². The molecule has 1 aliphatic rings. The van der Waals surface area contributed by atoms with Gasteiger partial charge in [0.25, 0.3) is 0 Å². The standard InChI is InChI=1S/C43H31N3/c1-44-29-30-22-24-36-37-25-23-33(41-28-40(31-14-6-2-7-15-31)45-42(46-41)32-16-8-3-9-17-32)27-39(37)43(38(36)26-30,34-18-10-4-11-19-34)35-20-12-5-13-21-35/h2-28H,1,29H2. The van der Waals surface area contributed by atoms with Crippen LogP contribution in [-0.4, -0.2) is 16.7 Å². The van der Waals surface area contributed by atoms with Crippen molar-refractivity contribution in [3.05, 3.63) is 192 Å². The monoisotopic (exact) mass is 589 g/mol. The van der Waals surface area contributed by atoms with E-state index in [4.69, 9.17) is 9.97 Å². The van der Waals surface area contributed by atoms with E-state index < -0.39 is 5.41 Å². The predicted octanol–water partition coefficient (Wildman–Crippen LogP) is 10.0. The topological polar surface area (TPSA) is 38.1 Å². The molecule has 7 aromatic rings. The first kappa shape index (κ1) is 27.6. The highest BCUT2D eigenvalue weighted by Crippen LogP contribution is 2.57. The van der Waals surface area contributed by atoms with E-state index >= 15 is 0 Å². The lowest BCUT2D eigenvalue weighted by molar-refractivity contribution is 0.766. The van der Waals surface area contributed by atoms with Gasteiger partial charge in [-0.25, -0.2) is 9.97 Å². The second kappa shape index (κ2) is 11.5. The Balaban J connectivity index is 1.41. The summed E-state index contributed by atoms with van der Waals surface area (Å²) in [7, 11) is 0. The molecule has 0 spiro atoms. The van der Waals surface area contributed by atoms with Gasteiger partial charge in [-0.2, -0.15) is 0 Å². The Morgan fingerprint density at radius 2 is 0.978 bits per heavy atom. The lowest BCUT2D eigenvalue weighted by Gasteiger charge is -2.34. The molecule has 0 N–H and O–H groups in total. The Morgan fingerprint density at radius 3 is 1.57 bits per heavy atom. The van der Waals surface area contributed by atoms with Gasteiger partial charge >= 0.3 is 0 Å². The molecule has 8 rings (SSSR count). The number of aliphatic imine (C=N–C) groups is 1. The van der Waals surface area contributed by atoms with Crippen molar-refractivity contribution >= 4 is 6.72 Å². The number of fused-ring (bicyclic) bond motifs is 3. The normalized spacial score (nSPS) is 12.7. The molecule has 1 heterocycles. The van der Waals surface area contributed by atoms with Crippen LogP contribution in [0.15, 0.2) is 169 Å². The van der Waals surface area contributed by atoms with E-state index in [1.54, 1.807) is 0 Å². The lowest BCUT2D eigenvalue weighted by Crippen LogP contribution is -2.28. The van der Waals surface area contributed by atoms with Crippen molar-refractivity contribution in [2.45, 2.75) is 12.0 Å². The first-order valence-electron chi connectivity index (χ1n) is 15.6. The Kier molecular flexibility index (Phi) is 6.92. The molecule has 0 unspecified atom stereocenters. The molecule has 0 aliphatic heterocycles. The Morgan fingerprint density at radius 1 is 0.478 bits per heavy atom. The van der Waals surface area contributed by atoms with Gasteiger partial charge in [-0.3, -0.25) is 4.99 Å². The summed E-state index contributed by atoms with van der Waals surface area (Å²) in [5.41, 5.74) is 12.9. The Hall–Kier alpha value is -5.93. The van der Waals surface area contributed by atoms with Gasteiger partial charge in [0, 0.05) is 16.7 Å². The van der Waals surface area contributed by atoms with Crippen molar-refractivity contribution < 1.29 is 0 Å². The van der Waals surface area contributed by atoms with Crippen LogP contribution in [0, 0.1) is 0 Å². The summed E-state index contributed by atoms with van der Waals surface area (Å²) < 4.78 is 0. The van der Waals surface area contributed by atoms with E-state index in [0.29, 0.717) is 12.4 Å². The fraction of sp³-hybridized carbons (Fsp3) is 0.0465. The zero-order chi connectivity index (χ0) is 30.9. The average molecular weight is 590 g/mol. The summed E-state index contributed by atoms with van der Waals surface area (Å²) in [6.45, 7) is 4.35. The summed E-state index contributed by atoms with van der Waals surface area (Å²) in [4.78, 5) is 14.4. The second-order valence-corrected chi connectivity index (χ2v) is 11.7. The molecule has 3 nitrogen and oxygen atoms in total. The predicted molar refractivity (Wildman–Crippen MR) is 189 cm³/mol. The fourth-order valence-corrected chi connectivity index (χ4v) is 6.99. The largest absolute Gasteiger partial charge is 0.296 e. The summed E-state index contributed by atoms with van der Waals surface area (Å²) in [5.74, 6) is 0.708. The van der Waals surface area contributed by atoms with Crippen LogP contribution in [0.1, 0.15) is 27.8 Å². The zero-order valence-corrected chi connectivity index (χ0v) is 25.3. The highest BCUT2D eigenvalue weighted by Gasteiger charge is 2.46. The second-order valence-electron chi connectivity index (χ2n) is 11.7. The van der Waals surface area contributed by atoms with Crippen molar-refractivity contribution in [2.24, 2.45) is 4.99 Å². The van der Waals surface area contributed by atoms with Crippen LogP contribution in [0.5, 0.6) is 0 Å². The van der Waals surface area contributed by atoms with Gasteiger partial charge in [0.05, 0.1) is 23.3 Å². The van der Waals surface area contributed by atoms with Crippen LogP contribution >= 0.6 is 0 Å². The van der Waals surface area contributed by atoms with E-state index in [2.05, 4.69) is 151 Å². The molecule has 0 bridgehead atoms. The number of nitrogens with zero attached hydrogens (tertiary/aromatic N) is 3. The maximum atomic E-state index is 5.18. The molecular formula is C43H31N3. The highest BCUT2D eigenvalue weighted by atomic mass is 14.9. The number of aromatic nitrogens is 2. The van der Waals surface area contributed by atoms with E-state index in [0.717, 1.165) is 33.6 Å². The van der Waals surface area contributed by atoms with E-state index in [1.807, 2.05) is 24.3 Å². The lowest BCUT2D eigenvalue weighted by atomic mass is 9.67. The van der Waals surface area contributed by atoms with Gasteiger partial charge < -0.3 is 0 Å². The molecular weight excluding hydrogens is 558 g/mol. The molecule has 46 heavy (non-hydrogen) atoms. The third-order valence-corrected chi connectivity index (χ3v) is 9.03. The van der Waals surface area contributed by atoms with Crippen molar-refractivity contribution in [1.82, 2.24) is 9.97 Å². The minimum atomic E-state index is -0.530. The first-order chi connectivity index (χ1) is 22.8. The summed E-state index contributed by atoms with van der Waals surface area (Å²) in [6, 6.07) is 58.0. The van der Waals surface area contributed by atoms with Gasteiger partial charge in [0.1, 0.15) is 0 Å². The Bertz CT molecular complexity index is 2080. The maximum absolute atomic E-state index is 5.18. The highest BCUT2D eigenvalue weighted by molar-refractivity contribution is 5.88. The van der Waals surface area contributed by atoms with Crippen LogP contribution in [0.2, 0.25) is 0 Å². The molecule has 1 aliphatic carbocycles. The molecule has 218 valence electrons. The molecule has 1 aromatic heterocycles. The van der Waals surface area contributed by atoms with Crippen LogP contribution in [0.25, 0.3) is 45.0 Å². The van der Waals surface area contributed by atoms with Crippen LogP contribution < -0.4 is 0 Å². The SMILES string of the molecule is C=NCc1ccc2c(c1)C(c1ccccc1)(c1ccccc1)c1cc(-c3cc(-c4ccccc4)nc(-c4ccccc4)n3)ccc1-2. The molecule has 0 saturated heterocycles. The quantitative estimate of drug-likeness (QED) is 0.174. The molecule has 0 radical (unpaired) electrons.